The molecule has 2 aliphatic rings. The quantitative estimate of drug-likeness (QED) is 0.734. The molecule has 4 nitrogen and oxygen atoms in total. The molecular formula is C12H22N2O2. The van der Waals surface area contributed by atoms with Crippen molar-refractivity contribution in [1.82, 2.24) is 9.80 Å². The molecule has 2 rings (SSSR count). The number of rotatable bonds is 5. The Hall–Kier alpha value is -0.610. The highest BCUT2D eigenvalue weighted by atomic mass is 16.3. The molecule has 1 aliphatic carbocycles. The summed E-state index contributed by atoms with van der Waals surface area (Å²) in [5.74, 6) is 1.15. The standard InChI is InChI=1S/C12H22N2O2/c15-9-1-2-12(16)14-7-5-13(6-8-14)10-11-3-4-11/h11,15H,1-10H2. The molecule has 0 spiro atoms. The molecule has 4 heteroatoms. The van der Waals surface area contributed by atoms with Crippen molar-refractivity contribution in [3.63, 3.8) is 0 Å². The number of hydrogen-bond acceptors (Lipinski definition) is 3. The summed E-state index contributed by atoms with van der Waals surface area (Å²) in [6, 6.07) is 0. The Morgan fingerprint density at radius 3 is 2.44 bits per heavy atom. The van der Waals surface area contributed by atoms with Gasteiger partial charge in [0.15, 0.2) is 0 Å². The second kappa shape index (κ2) is 5.64. The Balaban J connectivity index is 1.65. The summed E-state index contributed by atoms with van der Waals surface area (Å²) in [4.78, 5) is 16.1. The lowest BCUT2D eigenvalue weighted by molar-refractivity contribution is -0.133. The van der Waals surface area contributed by atoms with Crippen LogP contribution < -0.4 is 0 Å². The van der Waals surface area contributed by atoms with E-state index >= 15 is 0 Å². The first-order valence-corrected chi connectivity index (χ1v) is 6.40. The van der Waals surface area contributed by atoms with Gasteiger partial charge < -0.3 is 10.0 Å². The maximum absolute atomic E-state index is 11.7. The third-order valence-corrected chi connectivity index (χ3v) is 3.49. The molecule has 1 saturated carbocycles. The predicted octanol–water partition coefficient (Wildman–Crippen LogP) is 0.313. The molecule has 1 aliphatic heterocycles. The molecule has 0 unspecified atom stereocenters. The Morgan fingerprint density at radius 2 is 1.88 bits per heavy atom. The van der Waals surface area contributed by atoms with Gasteiger partial charge in [-0.15, -0.1) is 0 Å². The summed E-state index contributed by atoms with van der Waals surface area (Å²) in [7, 11) is 0. The number of carbonyl (C=O) groups is 1. The predicted molar refractivity (Wildman–Crippen MR) is 62.1 cm³/mol. The van der Waals surface area contributed by atoms with Crippen LogP contribution in [0.4, 0.5) is 0 Å². The van der Waals surface area contributed by atoms with Crippen molar-refractivity contribution in [3.8, 4) is 0 Å². The van der Waals surface area contributed by atoms with Crippen molar-refractivity contribution in [2.75, 3.05) is 39.3 Å². The van der Waals surface area contributed by atoms with Crippen LogP contribution in [0, 0.1) is 5.92 Å². The molecule has 92 valence electrons. The van der Waals surface area contributed by atoms with E-state index in [0.29, 0.717) is 12.8 Å². The van der Waals surface area contributed by atoms with Crippen LogP contribution in [0.25, 0.3) is 0 Å². The zero-order chi connectivity index (χ0) is 11.4. The Morgan fingerprint density at radius 1 is 1.19 bits per heavy atom. The number of hydrogen-bond donors (Lipinski definition) is 1. The van der Waals surface area contributed by atoms with E-state index in [1.165, 1.54) is 19.4 Å². The third-order valence-electron chi connectivity index (χ3n) is 3.49. The molecule has 1 N–H and O–H groups in total. The van der Waals surface area contributed by atoms with Crippen molar-refractivity contribution in [2.45, 2.75) is 25.7 Å². The fourth-order valence-corrected chi connectivity index (χ4v) is 2.23. The largest absolute Gasteiger partial charge is 0.396 e. The lowest BCUT2D eigenvalue weighted by Gasteiger charge is -2.34. The highest BCUT2D eigenvalue weighted by Crippen LogP contribution is 2.29. The molecular weight excluding hydrogens is 204 g/mol. The molecule has 1 saturated heterocycles. The number of piperazine rings is 1. The summed E-state index contributed by atoms with van der Waals surface area (Å²) >= 11 is 0. The van der Waals surface area contributed by atoms with Crippen LogP contribution in [0.1, 0.15) is 25.7 Å². The van der Waals surface area contributed by atoms with Gasteiger partial charge in [0.1, 0.15) is 0 Å². The minimum Gasteiger partial charge on any atom is -0.396 e. The number of aliphatic hydroxyl groups excluding tert-OH is 1. The minimum absolute atomic E-state index is 0.118. The summed E-state index contributed by atoms with van der Waals surface area (Å²) in [6.45, 7) is 5.16. The Labute approximate surface area is 97.2 Å². The van der Waals surface area contributed by atoms with Crippen molar-refractivity contribution in [3.05, 3.63) is 0 Å². The van der Waals surface area contributed by atoms with Crippen LogP contribution in [-0.2, 0) is 4.79 Å². The van der Waals surface area contributed by atoms with Crippen LogP contribution >= 0.6 is 0 Å². The lowest BCUT2D eigenvalue weighted by Crippen LogP contribution is -2.49. The monoisotopic (exact) mass is 226 g/mol. The van der Waals surface area contributed by atoms with E-state index < -0.39 is 0 Å². The van der Waals surface area contributed by atoms with Crippen molar-refractivity contribution in [2.24, 2.45) is 5.92 Å². The second-order valence-electron chi connectivity index (χ2n) is 4.95. The Kier molecular flexibility index (Phi) is 4.18. The second-order valence-corrected chi connectivity index (χ2v) is 4.95. The van der Waals surface area contributed by atoms with Crippen molar-refractivity contribution in [1.29, 1.82) is 0 Å². The van der Waals surface area contributed by atoms with Crippen LogP contribution in [0.5, 0.6) is 0 Å². The fourth-order valence-electron chi connectivity index (χ4n) is 2.23. The summed E-state index contributed by atoms with van der Waals surface area (Å²) in [5, 5.41) is 8.68. The molecule has 1 heterocycles. The molecule has 0 aromatic heterocycles. The molecule has 0 radical (unpaired) electrons. The summed E-state index contributed by atoms with van der Waals surface area (Å²) in [5.41, 5.74) is 0. The third kappa shape index (κ3) is 3.46. The first-order chi connectivity index (χ1) is 7.79. The highest BCUT2D eigenvalue weighted by molar-refractivity contribution is 5.76. The zero-order valence-electron chi connectivity index (χ0n) is 9.90. The van der Waals surface area contributed by atoms with Gasteiger partial charge in [-0.2, -0.15) is 0 Å². The van der Waals surface area contributed by atoms with Gasteiger partial charge in [0, 0.05) is 45.8 Å². The first-order valence-electron chi connectivity index (χ1n) is 6.40. The molecule has 0 bridgehead atoms. The summed E-state index contributed by atoms with van der Waals surface area (Å²) in [6.07, 6.45) is 3.89. The number of aliphatic hydroxyl groups is 1. The van der Waals surface area contributed by atoms with Gasteiger partial charge in [-0.1, -0.05) is 0 Å². The van der Waals surface area contributed by atoms with Gasteiger partial charge in [-0.05, 0) is 25.2 Å². The van der Waals surface area contributed by atoms with E-state index in [4.69, 9.17) is 5.11 Å². The normalized spacial score (nSPS) is 22.4. The van der Waals surface area contributed by atoms with Crippen molar-refractivity contribution >= 4 is 5.91 Å². The van der Waals surface area contributed by atoms with Gasteiger partial charge >= 0.3 is 0 Å². The van der Waals surface area contributed by atoms with Gasteiger partial charge in [0.2, 0.25) is 5.91 Å². The molecule has 0 atom stereocenters. The smallest absolute Gasteiger partial charge is 0.222 e. The molecule has 16 heavy (non-hydrogen) atoms. The van der Waals surface area contributed by atoms with Crippen LogP contribution in [0.15, 0.2) is 0 Å². The van der Waals surface area contributed by atoms with E-state index in [2.05, 4.69) is 4.90 Å². The van der Waals surface area contributed by atoms with Gasteiger partial charge in [-0.25, -0.2) is 0 Å². The van der Waals surface area contributed by atoms with Gasteiger partial charge in [-0.3, -0.25) is 9.69 Å². The van der Waals surface area contributed by atoms with Crippen LogP contribution in [-0.4, -0.2) is 60.1 Å². The zero-order valence-corrected chi connectivity index (χ0v) is 9.90. The average molecular weight is 226 g/mol. The SMILES string of the molecule is O=C(CCCO)N1CCN(CC2CC2)CC1. The molecule has 2 fully saturated rings. The highest BCUT2D eigenvalue weighted by Gasteiger charge is 2.27. The average Bonchev–Trinajstić information content (AvgIpc) is 3.11. The van der Waals surface area contributed by atoms with E-state index in [1.807, 2.05) is 4.90 Å². The maximum Gasteiger partial charge on any atom is 0.222 e. The first kappa shape index (κ1) is 11.9. The number of carbonyl (C=O) groups excluding carboxylic acids is 1. The number of nitrogens with zero attached hydrogens (tertiary/aromatic N) is 2. The topological polar surface area (TPSA) is 43.8 Å². The molecule has 1 amide bonds. The maximum atomic E-state index is 11.7. The molecule has 0 aromatic carbocycles. The van der Waals surface area contributed by atoms with E-state index in [0.717, 1.165) is 32.1 Å². The Bertz CT molecular complexity index is 233. The molecule has 0 aromatic rings. The minimum atomic E-state index is 0.118. The van der Waals surface area contributed by atoms with E-state index in [9.17, 15) is 4.79 Å². The van der Waals surface area contributed by atoms with Crippen LogP contribution in [0.3, 0.4) is 0 Å². The van der Waals surface area contributed by atoms with Gasteiger partial charge in [0.05, 0.1) is 0 Å². The lowest BCUT2D eigenvalue weighted by atomic mass is 10.2. The van der Waals surface area contributed by atoms with Gasteiger partial charge in [0.25, 0.3) is 0 Å². The van der Waals surface area contributed by atoms with Crippen molar-refractivity contribution < 1.29 is 9.90 Å². The summed E-state index contributed by atoms with van der Waals surface area (Å²) < 4.78 is 0. The number of amides is 1. The van der Waals surface area contributed by atoms with Crippen LogP contribution in [0.2, 0.25) is 0 Å². The van der Waals surface area contributed by atoms with E-state index in [-0.39, 0.29) is 12.5 Å². The fraction of sp³-hybridized carbons (Fsp3) is 0.917. The van der Waals surface area contributed by atoms with E-state index in [1.54, 1.807) is 0 Å².